The van der Waals surface area contributed by atoms with Crippen LogP contribution < -0.4 is 4.74 Å². The van der Waals surface area contributed by atoms with E-state index in [9.17, 15) is 9.18 Å². The average Bonchev–Trinajstić information content (AvgIpc) is 2.76. The number of ether oxygens (including phenoxy) is 1. The van der Waals surface area contributed by atoms with Crippen LogP contribution in [0.2, 0.25) is 0 Å². The Morgan fingerprint density at radius 2 is 2.22 bits per heavy atom. The van der Waals surface area contributed by atoms with E-state index < -0.39 is 11.8 Å². The van der Waals surface area contributed by atoms with Gasteiger partial charge < -0.3 is 14.3 Å². The second-order valence-electron chi connectivity index (χ2n) is 3.44. The minimum Gasteiger partial charge on any atom is -0.486 e. The highest BCUT2D eigenvalue weighted by Gasteiger charge is 2.15. The van der Waals surface area contributed by atoms with Crippen LogP contribution in [0.3, 0.4) is 0 Å². The zero-order chi connectivity index (χ0) is 13.1. The number of carboxylic acid groups (broad SMARTS) is 1. The molecule has 0 bridgehead atoms. The van der Waals surface area contributed by atoms with Gasteiger partial charge in [-0.05, 0) is 24.3 Å². The lowest BCUT2D eigenvalue weighted by atomic mass is 10.2. The van der Waals surface area contributed by atoms with E-state index in [0.29, 0.717) is 10.0 Å². The fourth-order valence-corrected chi connectivity index (χ4v) is 1.72. The van der Waals surface area contributed by atoms with Crippen molar-refractivity contribution in [2.45, 2.75) is 6.61 Å². The van der Waals surface area contributed by atoms with Gasteiger partial charge in [0.25, 0.3) is 0 Å². The molecule has 0 spiro atoms. The molecular formula is C12H8BrFO4. The number of aromatic carboxylic acids is 1. The van der Waals surface area contributed by atoms with Gasteiger partial charge in [-0.3, -0.25) is 0 Å². The van der Waals surface area contributed by atoms with Gasteiger partial charge in [0.2, 0.25) is 5.76 Å². The molecule has 1 aromatic carbocycles. The van der Waals surface area contributed by atoms with E-state index in [4.69, 9.17) is 14.3 Å². The number of hydrogen-bond donors (Lipinski definition) is 1. The lowest BCUT2D eigenvalue weighted by Crippen LogP contribution is -2.03. The van der Waals surface area contributed by atoms with E-state index in [1.165, 1.54) is 24.5 Å². The number of hydrogen-bond acceptors (Lipinski definition) is 3. The van der Waals surface area contributed by atoms with Crippen LogP contribution in [0.15, 0.2) is 39.4 Å². The maximum Gasteiger partial charge on any atom is 0.372 e. The molecule has 1 heterocycles. The molecule has 0 fully saturated rings. The third kappa shape index (κ3) is 2.70. The summed E-state index contributed by atoms with van der Waals surface area (Å²) in [5.41, 5.74) is 0.352. The first-order valence-electron chi connectivity index (χ1n) is 4.95. The van der Waals surface area contributed by atoms with Crippen LogP contribution in [0, 0.1) is 5.82 Å². The average molecular weight is 315 g/mol. The van der Waals surface area contributed by atoms with E-state index in [1.807, 2.05) is 0 Å². The van der Waals surface area contributed by atoms with Crippen LogP contribution in [0.25, 0.3) is 0 Å². The zero-order valence-corrected chi connectivity index (χ0v) is 10.6. The van der Waals surface area contributed by atoms with Crippen LogP contribution in [0.1, 0.15) is 16.1 Å². The predicted molar refractivity (Wildman–Crippen MR) is 64.1 cm³/mol. The fourth-order valence-electron chi connectivity index (χ4n) is 1.38. The maximum atomic E-state index is 13.4. The first-order valence-corrected chi connectivity index (χ1v) is 5.74. The summed E-state index contributed by atoms with van der Waals surface area (Å²) in [6.07, 6.45) is 1.25. The van der Waals surface area contributed by atoms with E-state index in [2.05, 4.69) is 15.9 Å². The van der Waals surface area contributed by atoms with Gasteiger partial charge in [0.05, 0.1) is 6.26 Å². The van der Waals surface area contributed by atoms with Gasteiger partial charge >= 0.3 is 5.97 Å². The standard InChI is InChI=1S/C12H8BrFO4/c13-8-1-2-10(9(14)5-8)18-6-7-3-4-17-11(7)12(15)16/h1-5H,6H2,(H,15,16). The SMILES string of the molecule is O=C(O)c1occc1COc1ccc(Br)cc1F. The summed E-state index contributed by atoms with van der Waals surface area (Å²) in [6.45, 7) is -0.0727. The molecule has 4 nitrogen and oxygen atoms in total. The predicted octanol–water partition coefficient (Wildman–Crippen LogP) is 3.46. The molecule has 94 valence electrons. The summed E-state index contributed by atoms with van der Waals surface area (Å²) < 4.78 is 24.0. The lowest BCUT2D eigenvalue weighted by Gasteiger charge is -2.06. The van der Waals surface area contributed by atoms with Crippen molar-refractivity contribution in [3.8, 4) is 5.75 Å². The fraction of sp³-hybridized carbons (Fsp3) is 0.0833. The third-order valence-electron chi connectivity index (χ3n) is 2.22. The summed E-state index contributed by atoms with van der Waals surface area (Å²) in [7, 11) is 0. The molecule has 0 radical (unpaired) electrons. The first kappa shape index (κ1) is 12.6. The quantitative estimate of drug-likeness (QED) is 0.939. The smallest absolute Gasteiger partial charge is 0.372 e. The largest absolute Gasteiger partial charge is 0.486 e. The molecule has 6 heteroatoms. The van der Waals surface area contributed by atoms with E-state index in [0.717, 1.165) is 0 Å². The molecule has 0 unspecified atom stereocenters. The zero-order valence-electron chi connectivity index (χ0n) is 9.02. The van der Waals surface area contributed by atoms with Gasteiger partial charge in [0.1, 0.15) is 6.61 Å². The molecular weight excluding hydrogens is 307 g/mol. The summed E-state index contributed by atoms with van der Waals surface area (Å²) in [5.74, 6) is -1.86. The summed E-state index contributed by atoms with van der Waals surface area (Å²) >= 11 is 3.13. The molecule has 0 aliphatic carbocycles. The highest BCUT2D eigenvalue weighted by molar-refractivity contribution is 9.10. The van der Waals surface area contributed by atoms with Crippen molar-refractivity contribution in [1.29, 1.82) is 0 Å². The number of carboxylic acids is 1. The molecule has 18 heavy (non-hydrogen) atoms. The minimum atomic E-state index is -1.19. The molecule has 0 amide bonds. The Kier molecular flexibility index (Phi) is 3.66. The van der Waals surface area contributed by atoms with Crippen molar-refractivity contribution in [3.05, 3.63) is 52.1 Å². The third-order valence-corrected chi connectivity index (χ3v) is 2.71. The Morgan fingerprint density at radius 3 is 2.89 bits per heavy atom. The van der Waals surface area contributed by atoms with Crippen LogP contribution >= 0.6 is 15.9 Å². The summed E-state index contributed by atoms with van der Waals surface area (Å²) in [5, 5.41) is 8.81. The molecule has 0 aliphatic rings. The number of furan rings is 1. The molecule has 2 rings (SSSR count). The van der Waals surface area contributed by atoms with Gasteiger partial charge in [-0.25, -0.2) is 9.18 Å². The second-order valence-corrected chi connectivity index (χ2v) is 4.36. The lowest BCUT2D eigenvalue weighted by molar-refractivity contribution is 0.0658. The highest BCUT2D eigenvalue weighted by Crippen LogP contribution is 2.23. The minimum absolute atomic E-state index is 0.0516. The maximum absolute atomic E-state index is 13.4. The Labute approximate surface area is 110 Å². The Morgan fingerprint density at radius 1 is 1.44 bits per heavy atom. The Balaban J connectivity index is 2.11. The Hall–Kier alpha value is -1.82. The van der Waals surface area contributed by atoms with Crippen molar-refractivity contribution in [2.24, 2.45) is 0 Å². The van der Waals surface area contributed by atoms with Crippen LogP contribution in [-0.4, -0.2) is 11.1 Å². The molecule has 0 atom stereocenters. The van der Waals surface area contributed by atoms with E-state index in [-0.39, 0.29) is 18.1 Å². The molecule has 1 aromatic heterocycles. The monoisotopic (exact) mass is 314 g/mol. The van der Waals surface area contributed by atoms with Crippen molar-refractivity contribution in [3.63, 3.8) is 0 Å². The van der Waals surface area contributed by atoms with Crippen LogP contribution in [0.5, 0.6) is 5.75 Å². The molecule has 1 N–H and O–H groups in total. The van der Waals surface area contributed by atoms with Crippen LogP contribution in [0.4, 0.5) is 4.39 Å². The number of benzene rings is 1. The van der Waals surface area contributed by atoms with Crippen molar-refractivity contribution >= 4 is 21.9 Å². The van der Waals surface area contributed by atoms with Gasteiger partial charge in [0, 0.05) is 10.0 Å². The van der Waals surface area contributed by atoms with Crippen molar-refractivity contribution < 1.29 is 23.4 Å². The normalized spacial score (nSPS) is 10.3. The van der Waals surface area contributed by atoms with Crippen molar-refractivity contribution in [1.82, 2.24) is 0 Å². The van der Waals surface area contributed by atoms with Gasteiger partial charge in [-0.2, -0.15) is 0 Å². The highest BCUT2D eigenvalue weighted by atomic mass is 79.9. The summed E-state index contributed by atoms with van der Waals surface area (Å²) in [4.78, 5) is 10.8. The number of halogens is 2. The molecule has 0 saturated carbocycles. The van der Waals surface area contributed by atoms with Crippen LogP contribution in [-0.2, 0) is 6.61 Å². The summed E-state index contributed by atoms with van der Waals surface area (Å²) in [6, 6.07) is 5.83. The van der Waals surface area contributed by atoms with Gasteiger partial charge in [0.15, 0.2) is 11.6 Å². The topological polar surface area (TPSA) is 59.7 Å². The molecule has 0 saturated heterocycles. The van der Waals surface area contributed by atoms with Crippen molar-refractivity contribution in [2.75, 3.05) is 0 Å². The Bertz CT molecular complexity index is 579. The first-order chi connectivity index (χ1) is 8.58. The van der Waals surface area contributed by atoms with E-state index in [1.54, 1.807) is 6.07 Å². The molecule has 2 aromatic rings. The van der Waals surface area contributed by atoms with Gasteiger partial charge in [-0.15, -0.1) is 0 Å². The molecule has 0 aliphatic heterocycles. The number of rotatable bonds is 4. The van der Waals surface area contributed by atoms with Gasteiger partial charge in [-0.1, -0.05) is 15.9 Å². The second kappa shape index (κ2) is 5.22. The number of carbonyl (C=O) groups is 1. The van der Waals surface area contributed by atoms with E-state index >= 15 is 0 Å².